The molecule has 1 aliphatic carbocycles. The number of fused-ring (bicyclic) bond motifs is 1. The van der Waals surface area contributed by atoms with E-state index in [0.29, 0.717) is 12.5 Å². The Morgan fingerprint density at radius 2 is 1.95 bits per heavy atom. The molecular weight excluding hydrogens is 280 g/mol. The van der Waals surface area contributed by atoms with Crippen molar-refractivity contribution in [2.45, 2.75) is 25.8 Å². The van der Waals surface area contributed by atoms with Crippen LogP contribution in [0.1, 0.15) is 18.5 Å². The van der Waals surface area contributed by atoms with Crippen LogP contribution in [0.25, 0.3) is 10.9 Å². The van der Waals surface area contributed by atoms with Crippen LogP contribution < -0.4 is 5.43 Å². The van der Waals surface area contributed by atoms with Crippen molar-refractivity contribution in [2.75, 3.05) is 0 Å². The van der Waals surface area contributed by atoms with Crippen LogP contribution in [-0.2, 0) is 17.8 Å². The van der Waals surface area contributed by atoms with E-state index < -0.39 is 29.5 Å². The van der Waals surface area contributed by atoms with Gasteiger partial charge in [0.15, 0.2) is 5.43 Å². The van der Waals surface area contributed by atoms with E-state index in [-0.39, 0.29) is 16.6 Å². The molecule has 4 nitrogen and oxygen atoms in total. The summed E-state index contributed by atoms with van der Waals surface area (Å²) in [6.07, 6.45) is 1.54. The lowest BCUT2D eigenvalue weighted by Crippen LogP contribution is -2.19. The van der Waals surface area contributed by atoms with Crippen LogP contribution in [-0.4, -0.2) is 15.6 Å². The van der Waals surface area contributed by atoms with Crippen molar-refractivity contribution in [1.29, 1.82) is 0 Å². The van der Waals surface area contributed by atoms with Crippen LogP contribution in [0.15, 0.2) is 23.0 Å². The van der Waals surface area contributed by atoms with Crippen molar-refractivity contribution in [3.63, 3.8) is 0 Å². The maximum Gasteiger partial charge on any atom is 0.309 e. The highest BCUT2D eigenvalue weighted by Crippen LogP contribution is 2.32. The van der Waals surface area contributed by atoms with Gasteiger partial charge in [-0.2, -0.15) is 0 Å². The van der Waals surface area contributed by atoms with Gasteiger partial charge in [0.1, 0.15) is 11.6 Å². The van der Waals surface area contributed by atoms with Gasteiger partial charge in [-0.1, -0.05) is 0 Å². The first-order valence-corrected chi connectivity index (χ1v) is 6.69. The zero-order valence-electron chi connectivity index (χ0n) is 11.1. The highest BCUT2D eigenvalue weighted by Gasteiger charge is 2.25. The molecule has 0 spiro atoms. The van der Waals surface area contributed by atoms with Crippen molar-refractivity contribution >= 4 is 16.9 Å². The Balaban J connectivity index is 2.33. The maximum absolute atomic E-state index is 14.1. The van der Waals surface area contributed by atoms with Gasteiger partial charge in [0.25, 0.3) is 0 Å². The molecule has 2 aromatic rings. The SMILES string of the molecule is O=C(O)Cc1cc(=O)c2c(F)ccc(F)c2n1CC1CC1. The number of aliphatic carboxylic acids is 1. The lowest BCUT2D eigenvalue weighted by atomic mass is 10.1. The normalized spacial score (nSPS) is 14.6. The summed E-state index contributed by atoms with van der Waals surface area (Å²) in [6, 6.07) is 2.98. The number of benzene rings is 1. The molecule has 0 aliphatic heterocycles. The number of aromatic nitrogens is 1. The molecule has 0 unspecified atom stereocenters. The molecule has 0 amide bonds. The van der Waals surface area contributed by atoms with E-state index in [1.54, 1.807) is 0 Å². The molecule has 1 aromatic heterocycles. The topological polar surface area (TPSA) is 59.3 Å². The Morgan fingerprint density at radius 3 is 2.57 bits per heavy atom. The predicted molar refractivity (Wildman–Crippen MR) is 72.2 cm³/mol. The van der Waals surface area contributed by atoms with E-state index in [9.17, 15) is 18.4 Å². The number of hydrogen-bond acceptors (Lipinski definition) is 2. The van der Waals surface area contributed by atoms with Gasteiger partial charge in [-0.3, -0.25) is 9.59 Å². The summed E-state index contributed by atoms with van der Waals surface area (Å²) in [6.45, 7) is 0.403. The van der Waals surface area contributed by atoms with Gasteiger partial charge >= 0.3 is 5.97 Å². The third-order valence-corrected chi connectivity index (χ3v) is 3.71. The van der Waals surface area contributed by atoms with Crippen LogP contribution in [0.2, 0.25) is 0 Å². The number of nitrogens with zero attached hydrogens (tertiary/aromatic N) is 1. The highest BCUT2D eigenvalue weighted by molar-refractivity contribution is 5.81. The predicted octanol–water partition coefficient (Wildman–Crippen LogP) is 2.32. The van der Waals surface area contributed by atoms with Gasteiger partial charge in [0.05, 0.1) is 17.3 Å². The number of carbonyl (C=O) groups is 1. The largest absolute Gasteiger partial charge is 0.481 e. The Bertz CT molecular complexity index is 794. The molecule has 1 aromatic carbocycles. The monoisotopic (exact) mass is 293 g/mol. The van der Waals surface area contributed by atoms with Gasteiger partial charge < -0.3 is 9.67 Å². The summed E-state index contributed by atoms with van der Waals surface area (Å²) in [5.74, 6) is -2.29. The van der Waals surface area contributed by atoms with Crippen LogP contribution in [0, 0.1) is 17.6 Å². The van der Waals surface area contributed by atoms with Crippen LogP contribution >= 0.6 is 0 Å². The lowest BCUT2D eigenvalue weighted by molar-refractivity contribution is -0.136. The molecule has 110 valence electrons. The number of carboxylic acid groups (broad SMARTS) is 1. The van der Waals surface area contributed by atoms with Gasteiger partial charge in [0, 0.05) is 18.3 Å². The number of pyridine rings is 1. The molecule has 1 fully saturated rings. The molecule has 1 heterocycles. The van der Waals surface area contributed by atoms with Crippen molar-refractivity contribution in [3.8, 4) is 0 Å². The molecule has 1 saturated carbocycles. The Labute approximate surface area is 118 Å². The average Bonchev–Trinajstić information content (AvgIpc) is 3.20. The Kier molecular flexibility index (Phi) is 3.23. The first-order chi connectivity index (χ1) is 9.97. The van der Waals surface area contributed by atoms with E-state index in [4.69, 9.17) is 5.11 Å². The molecule has 21 heavy (non-hydrogen) atoms. The van der Waals surface area contributed by atoms with E-state index >= 15 is 0 Å². The smallest absolute Gasteiger partial charge is 0.309 e. The van der Waals surface area contributed by atoms with Crippen molar-refractivity contribution < 1.29 is 18.7 Å². The third kappa shape index (κ3) is 2.53. The first kappa shape index (κ1) is 13.7. The fraction of sp³-hybridized carbons (Fsp3) is 0.333. The summed E-state index contributed by atoms with van der Waals surface area (Å²) in [5.41, 5.74) is -0.618. The van der Waals surface area contributed by atoms with Crippen LogP contribution in [0.3, 0.4) is 0 Å². The minimum Gasteiger partial charge on any atom is -0.481 e. The zero-order chi connectivity index (χ0) is 15.1. The molecule has 0 radical (unpaired) electrons. The quantitative estimate of drug-likeness (QED) is 0.941. The van der Waals surface area contributed by atoms with E-state index in [2.05, 4.69) is 0 Å². The van der Waals surface area contributed by atoms with Crippen molar-refractivity contribution in [2.24, 2.45) is 5.92 Å². The van der Waals surface area contributed by atoms with Gasteiger partial charge in [0.2, 0.25) is 0 Å². The van der Waals surface area contributed by atoms with Gasteiger partial charge in [-0.05, 0) is 30.9 Å². The molecule has 3 rings (SSSR count). The number of rotatable bonds is 4. The summed E-state index contributed by atoms with van der Waals surface area (Å²) in [4.78, 5) is 22.9. The molecule has 0 saturated heterocycles. The minimum absolute atomic E-state index is 0.134. The van der Waals surface area contributed by atoms with Crippen molar-refractivity contribution in [3.05, 3.63) is 45.8 Å². The fourth-order valence-electron chi connectivity index (χ4n) is 2.55. The Hall–Kier alpha value is -2.24. The summed E-state index contributed by atoms with van der Waals surface area (Å²) in [7, 11) is 0. The zero-order valence-corrected chi connectivity index (χ0v) is 11.1. The molecule has 0 bridgehead atoms. The molecule has 1 N–H and O–H groups in total. The van der Waals surface area contributed by atoms with Gasteiger partial charge in [-0.25, -0.2) is 8.78 Å². The number of halogens is 2. The average molecular weight is 293 g/mol. The maximum atomic E-state index is 14.1. The summed E-state index contributed by atoms with van der Waals surface area (Å²) < 4.78 is 29.4. The van der Waals surface area contributed by atoms with Crippen molar-refractivity contribution in [1.82, 2.24) is 4.57 Å². The van der Waals surface area contributed by atoms with E-state index in [1.807, 2.05) is 0 Å². The Morgan fingerprint density at radius 1 is 1.29 bits per heavy atom. The number of carboxylic acids is 1. The second-order valence-electron chi connectivity index (χ2n) is 5.38. The first-order valence-electron chi connectivity index (χ1n) is 6.69. The van der Waals surface area contributed by atoms with E-state index in [1.165, 1.54) is 4.57 Å². The molecule has 1 aliphatic rings. The minimum atomic E-state index is -1.12. The summed E-state index contributed by atoms with van der Waals surface area (Å²) >= 11 is 0. The fourth-order valence-corrected chi connectivity index (χ4v) is 2.55. The van der Waals surface area contributed by atoms with Crippen LogP contribution in [0.5, 0.6) is 0 Å². The standard InChI is InChI=1S/C15H13F2NO3/c16-10-3-4-11(17)15-14(10)12(19)5-9(6-13(20)21)18(15)7-8-1-2-8/h3-5,8H,1-2,6-7H2,(H,20,21). The third-order valence-electron chi connectivity index (χ3n) is 3.71. The van der Waals surface area contributed by atoms with E-state index in [0.717, 1.165) is 31.0 Å². The highest BCUT2D eigenvalue weighted by atomic mass is 19.1. The summed E-state index contributed by atoms with van der Waals surface area (Å²) in [5, 5.41) is 8.63. The van der Waals surface area contributed by atoms with Crippen LogP contribution in [0.4, 0.5) is 8.78 Å². The molecule has 0 atom stereocenters. The lowest BCUT2D eigenvalue weighted by Gasteiger charge is -2.16. The second-order valence-corrected chi connectivity index (χ2v) is 5.38. The number of hydrogen-bond donors (Lipinski definition) is 1. The molecule has 6 heteroatoms. The second kappa shape index (κ2) is 4.95. The molecular formula is C15H13F2NO3. The van der Waals surface area contributed by atoms with Gasteiger partial charge in [-0.15, -0.1) is 0 Å².